The Morgan fingerprint density at radius 3 is 2.44 bits per heavy atom. The molecule has 0 unspecified atom stereocenters. The molecule has 0 amide bonds. The van der Waals surface area contributed by atoms with E-state index in [1.807, 2.05) is 0 Å². The molecule has 0 saturated carbocycles. The van der Waals surface area contributed by atoms with Crippen molar-refractivity contribution in [1.29, 1.82) is 5.26 Å². The van der Waals surface area contributed by atoms with Crippen LogP contribution >= 0.6 is 0 Å². The average molecular weight is 442 g/mol. The molecule has 0 fully saturated rings. The van der Waals surface area contributed by atoms with Gasteiger partial charge in [-0.05, 0) is 18.6 Å². The number of fused-ring (bicyclic) bond motifs is 1. The lowest BCUT2D eigenvalue weighted by Gasteiger charge is -2.15. The molecule has 0 saturated heterocycles. The van der Waals surface area contributed by atoms with Gasteiger partial charge in [0, 0.05) is 17.4 Å². The molecular formula is C23H17F3N2O4. The van der Waals surface area contributed by atoms with Gasteiger partial charge in [-0.25, -0.2) is 4.98 Å². The second-order valence-corrected chi connectivity index (χ2v) is 6.77. The van der Waals surface area contributed by atoms with Crippen LogP contribution in [0.5, 0.6) is 5.75 Å². The lowest BCUT2D eigenvalue weighted by molar-refractivity contribution is -0.143. The number of pyridine rings is 1. The normalized spacial score (nSPS) is 11.2. The molecule has 1 aromatic heterocycles. The summed E-state index contributed by atoms with van der Waals surface area (Å²) < 4.78 is 45.5. The Kier molecular flexibility index (Phi) is 6.44. The molecule has 0 aliphatic rings. The van der Waals surface area contributed by atoms with Crippen LogP contribution in [-0.4, -0.2) is 28.4 Å². The third-order valence-corrected chi connectivity index (χ3v) is 4.75. The number of carbonyl (C=O) groups is 2. The van der Waals surface area contributed by atoms with Gasteiger partial charge in [0.25, 0.3) is 0 Å². The van der Waals surface area contributed by atoms with Gasteiger partial charge in [0.1, 0.15) is 17.3 Å². The summed E-state index contributed by atoms with van der Waals surface area (Å²) >= 11 is 0. The molecule has 1 heterocycles. The molecule has 32 heavy (non-hydrogen) atoms. The van der Waals surface area contributed by atoms with E-state index in [0.29, 0.717) is 0 Å². The van der Waals surface area contributed by atoms with Gasteiger partial charge in [-0.1, -0.05) is 36.4 Å². The van der Waals surface area contributed by atoms with E-state index in [1.54, 1.807) is 13.0 Å². The van der Waals surface area contributed by atoms with Crippen molar-refractivity contribution in [2.75, 3.05) is 6.61 Å². The van der Waals surface area contributed by atoms with Crippen molar-refractivity contribution in [3.63, 3.8) is 0 Å². The van der Waals surface area contributed by atoms with Crippen LogP contribution in [0, 0.1) is 11.3 Å². The van der Waals surface area contributed by atoms with E-state index in [1.165, 1.54) is 36.4 Å². The highest BCUT2D eigenvalue weighted by atomic mass is 19.4. The van der Waals surface area contributed by atoms with Crippen LogP contribution in [0.2, 0.25) is 0 Å². The number of halogens is 3. The van der Waals surface area contributed by atoms with E-state index >= 15 is 0 Å². The van der Waals surface area contributed by atoms with Gasteiger partial charge >= 0.3 is 12.1 Å². The van der Waals surface area contributed by atoms with Crippen molar-refractivity contribution in [2.45, 2.75) is 25.9 Å². The Bertz CT molecular complexity index is 1250. The number of ether oxygens (including phenoxy) is 1. The van der Waals surface area contributed by atoms with E-state index in [4.69, 9.17) is 4.74 Å². The van der Waals surface area contributed by atoms with Crippen molar-refractivity contribution in [3.05, 3.63) is 59.3 Å². The molecule has 6 nitrogen and oxygen atoms in total. The summed E-state index contributed by atoms with van der Waals surface area (Å²) in [4.78, 5) is 28.3. The maximum absolute atomic E-state index is 13.6. The van der Waals surface area contributed by atoms with Gasteiger partial charge in [0.2, 0.25) is 0 Å². The number of alkyl halides is 3. The van der Waals surface area contributed by atoms with Gasteiger partial charge in [0.15, 0.2) is 11.5 Å². The minimum absolute atomic E-state index is 0.0435. The number of aromatic nitrogens is 1. The van der Waals surface area contributed by atoms with Crippen LogP contribution in [0.25, 0.3) is 22.0 Å². The Morgan fingerprint density at radius 1 is 1.09 bits per heavy atom. The molecule has 3 aromatic rings. The first-order chi connectivity index (χ1) is 15.2. The third kappa shape index (κ3) is 4.39. The van der Waals surface area contributed by atoms with Crippen LogP contribution in [0.4, 0.5) is 13.2 Å². The zero-order valence-corrected chi connectivity index (χ0v) is 16.9. The highest BCUT2D eigenvalue weighted by Crippen LogP contribution is 2.40. The molecule has 3 rings (SSSR count). The number of nitriles is 1. The molecule has 0 aliphatic heterocycles. The third-order valence-electron chi connectivity index (χ3n) is 4.75. The number of hydrogen-bond donors (Lipinski definition) is 1. The number of aromatic hydroxyl groups is 1. The standard InChI is InChI=1S/C23H17F3N2O4/c1-2-32-19(30)11-10-18(29)21-22(31)16(12-27)15-8-5-7-14(20(15)28-21)13-6-3-4-9-17(13)23(24,25)26/h3-9,31H,2,10-11H2,1H3. The van der Waals surface area contributed by atoms with Crippen molar-refractivity contribution < 1.29 is 32.6 Å². The molecule has 1 N–H and O–H groups in total. The van der Waals surface area contributed by atoms with Gasteiger partial charge in [-0.3, -0.25) is 9.59 Å². The topological polar surface area (TPSA) is 100 Å². The number of hydrogen-bond acceptors (Lipinski definition) is 6. The van der Waals surface area contributed by atoms with E-state index in [-0.39, 0.29) is 47.0 Å². The number of nitrogens with zero attached hydrogens (tertiary/aromatic N) is 2. The number of rotatable bonds is 6. The van der Waals surface area contributed by atoms with Crippen LogP contribution in [0.15, 0.2) is 42.5 Å². The molecule has 2 aromatic carbocycles. The smallest absolute Gasteiger partial charge is 0.417 e. The van der Waals surface area contributed by atoms with Crippen LogP contribution in [0.1, 0.15) is 41.4 Å². The molecule has 9 heteroatoms. The highest BCUT2D eigenvalue weighted by molar-refractivity contribution is 6.05. The number of carbonyl (C=O) groups excluding carboxylic acids is 2. The number of Topliss-reactive ketones (excluding diaryl/α,β-unsaturated/α-hetero) is 1. The minimum Gasteiger partial charge on any atom is -0.504 e. The Hall–Kier alpha value is -3.93. The van der Waals surface area contributed by atoms with Gasteiger partial charge in [-0.2, -0.15) is 18.4 Å². The molecule has 0 atom stereocenters. The fourth-order valence-electron chi connectivity index (χ4n) is 3.33. The largest absolute Gasteiger partial charge is 0.504 e. The Morgan fingerprint density at radius 2 is 1.78 bits per heavy atom. The van der Waals surface area contributed by atoms with Gasteiger partial charge in [-0.15, -0.1) is 0 Å². The van der Waals surface area contributed by atoms with E-state index in [9.17, 15) is 33.1 Å². The highest BCUT2D eigenvalue weighted by Gasteiger charge is 2.34. The first-order valence-electron chi connectivity index (χ1n) is 9.60. The minimum atomic E-state index is -4.65. The van der Waals surface area contributed by atoms with Crippen molar-refractivity contribution in [1.82, 2.24) is 4.98 Å². The fourth-order valence-corrected chi connectivity index (χ4v) is 3.33. The summed E-state index contributed by atoms with van der Waals surface area (Å²) in [5, 5.41) is 20.1. The number of para-hydroxylation sites is 1. The molecule has 0 spiro atoms. The van der Waals surface area contributed by atoms with Crippen LogP contribution < -0.4 is 0 Å². The molecule has 164 valence electrons. The zero-order chi connectivity index (χ0) is 23.5. The second kappa shape index (κ2) is 9.06. The summed E-state index contributed by atoms with van der Waals surface area (Å²) in [6.45, 7) is 1.74. The first kappa shape index (κ1) is 22.7. The predicted octanol–water partition coefficient (Wildman–Crippen LogP) is 5.02. The number of esters is 1. The van der Waals surface area contributed by atoms with E-state index in [0.717, 1.165) is 6.07 Å². The summed E-state index contributed by atoms with van der Waals surface area (Å²) in [7, 11) is 0. The molecular weight excluding hydrogens is 425 g/mol. The first-order valence-corrected chi connectivity index (χ1v) is 9.60. The zero-order valence-electron chi connectivity index (χ0n) is 16.9. The number of ketones is 1. The van der Waals surface area contributed by atoms with Gasteiger partial charge < -0.3 is 9.84 Å². The van der Waals surface area contributed by atoms with E-state index < -0.39 is 34.9 Å². The lowest BCUT2D eigenvalue weighted by Crippen LogP contribution is -2.10. The summed E-state index contributed by atoms with van der Waals surface area (Å²) in [6.07, 6.45) is -5.27. The maximum atomic E-state index is 13.6. The number of benzene rings is 2. The second-order valence-electron chi connectivity index (χ2n) is 6.77. The van der Waals surface area contributed by atoms with Crippen LogP contribution in [-0.2, 0) is 15.7 Å². The van der Waals surface area contributed by atoms with Crippen LogP contribution in [0.3, 0.4) is 0 Å². The summed E-state index contributed by atoms with van der Waals surface area (Å²) in [6, 6.07) is 10.9. The molecule has 0 aliphatic carbocycles. The quantitative estimate of drug-likeness (QED) is 0.425. The predicted molar refractivity (Wildman–Crippen MR) is 109 cm³/mol. The maximum Gasteiger partial charge on any atom is 0.417 e. The molecule has 0 radical (unpaired) electrons. The van der Waals surface area contributed by atoms with Gasteiger partial charge in [0.05, 0.1) is 24.1 Å². The van der Waals surface area contributed by atoms with E-state index in [2.05, 4.69) is 4.98 Å². The monoisotopic (exact) mass is 442 g/mol. The van der Waals surface area contributed by atoms with Crippen molar-refractivity contribution >= 4 is 22.7 Å². The SMILES string of the molecule is CCOC(=O)CCC(=O)c1nc2c(-c3ccccc3C(F)(F)F)cccc2c(C#N)c1O. The lowest BCUT2D eigenvalue weighted by atomic mass is 9.94. The average Bonchev–Trinajstić information content (AvgIpc) is 2.76. The summed E-state index contributed by atoms with van der Waals surface area (Å²) in [5.41, 5.74) is -1.87. The summed E-state index contributed by atoms with van der Waals surface area (Å²) in [5.74, 6) is -2.05. The molecule has 0 bridgehead atoms. The Balaban J connectivity index is 2.21. The Labute approximate surface area is 180 Å². The van der Waals surface area contributed by atoms with Crippen molar-refractivity contribution in [3.8, 4) is 22.9 Å². The fraction of sp³-hybridized carbons (Fsp3) is 0.217. The van der Waals surface area contributed by atoms with Crippen molar-refractivity contribution in [2.24, 2.45) is 0 Å².